The number of nitrogens with one attached hydrogen (secondary N) is 1. The minimum atomic E-state index is 0.0340. The van der Waals surface area contributed by atoms with E-state index in [1.807, 2.05) is 48.2 Å². The van der Waals surface area contributed by atoms with Gasteiger partial charge in [-0.2, -0.15) is 4.37 Å². The number of carbonyl (C=O) groups excluding carboxylic acids is 1. The van der Waals surface area contributed by atoms with Crippen LogP contribution >= 0.6 is 11.5 Å². The zero-order valence-electron chi connectivity index (χ0n) is 18.5. The number of hydrogen-bond acceptors (Lipinski definition) is 7. The quantitative estimate of drug-likeness (QED) is 0.477. The van der Waals surface area contributed by atoms with Crippen molar-refractivity contribution in [2.45, 2.75) is 46.2 Å². The van der Waals surface area contributed by atoms with Crippen molar-refractivity contribution in [1.82, 2.24) is 14.7 Å². The summed E-state index contributed by atoms with van der Waals surface area (Å²) in [6.07, 6.45) is 2.65. The third kappa shape index (κ3) is 6.82. The molecule has 7 nitrogen and oxygen atoms in total. The van der Waals surface area contributed by atoms with Crippen LogP contribution in [0.1, 0.15) is 44.3 Å². The number of furan rings is 1. The molecule has 0 aliphatic heterocycles. The van der Waals surface area contributed by atoms with Crippen LogP contribution in [-0.4, -0.2) is 35.0 Å². The first-order valence-corrected chi connectivity index (χ1v) is 11.2. The highest BCUT2D eigenvalue weighted by Crippen LogP contribution is 2.23. The predicted molar refractivity (Wildman–Crippen MR) is 123 cm³/mol. The Labute approximate surface area is 187 Å². The van der Waals surface area contributed by atoms with Gasteiger partial charge >= 0.3 is 0 Å². The Morgan fingerprint density at radius 3 is 2.81 bits per heavy atom. The van der Waals surface area contributed by atoms with Crippen molar-refractivity contribution in [2.24, 2.45) is 5.92 Å². The summed E-state index contributed by atoms with van der Waals surface area (Å²) in [7, 11) is 1.66. The highest BCUT2D eigenvalue weighted by Gasteiger charge is 2.18. The Bertz CT molecular complexity index is 955. The molecule has 0 spiro atoms. The lowest BCUT2D eigenvalue weighted by Gasteiger charge is -2.22. The maximum Gasteiger partial charge on any atom is 0.221 e. The summed E-state index contributed by atoms with van der Waals surface area (Å²) in [5, 5.41) is 3.84. The molecule has 0 radical (unpaired) electrons. The number of anilines is 1. The van der Waals surface area contributed by atoms with Gasteiger partial charge in [-0.3, -0.25) is 4.79 Å². The Kier molecular flexibility index (Phi) is 8.06. The van der Waals surface area contributed by atoms with E-state index >= 15 is 0 Å². The number of hydrogen-bond donors (Lipinski definition) is 1. The molecule has 3 rings (SSSR count). The van der Waals surface area contributed by atoms with E-state index < -0.39 is 0 Å². The van der Waals surface area contributed by atoms with Crippen LogP contribution in [0.5, 0.6) is 5.75 Å². The second-order valence-electron chi connectivity index (χ2n) is 7.87. The van der Waals surface area contributed by atoms with Crippen molar-refractivity contribution in [3.8, 4) is 5.75 Å². The van der Waals surface area contributed by atoms with E-state index in [1.165, 1.54) is 11.5 Å². The van der Waals surface area contributed by atoms with Crippen LogP contribution < -0.4 is 15.0 Å². The number of amides is 1. The number of ether oxygens (including phenoxy) is 1. The highest BCUT2D eigenvalue weighted by atomic mass is 32.1. The maximum absolute atomic E-state index is 12.4. The summed E-state index contributed by atoms with van der Waals surface area (Å²) in [5.74, 6) is 2.81. The normalized spacial score (nSPS) is 12.0. The zero-order valence-corrected chi connectivity index (χ0v) is 19.3. The van der Waals surface area contributed by atoms with Crippen molar-refractivity contribution in [2.75, 3.05) is 18.6 Å². The van der Waals surface area contributed by atoms with Gasteiger partial charge in [0, 0.05) is 37.0 Å². The van der Waals surface area contributed by atoms with Gasteiger partial charge in [-0.05, 0) is 42.7 Å². The average molecular weight is 443 g/mol. The lowest BCUT2D eigenvalue weighted by atomic mass is 10.1. The molecule has 0 saturated heterocycles. The van der Waals surface area contributed by atoms with Gasteiger partial charge in [0.2, 0.25) is 11.0 Å². The second kappa shape index (κ2) is 10.9. The third-order valence-corrected chi connectivity index (χ3v) is 5.96. The number of nitrogens with zero attached hydrogens (tertiary/aromatic N) is 3. The summed E-state index contributed by atoms with van der Waals surface area (Å²) in [6.45, 7) is 7.29. The largest absolute Gasteiger partial charge is 0.497 e. The molecular formula is C23H30N4O3S. The van der Waals surface area contributed by atoms with Crippen LogP contribution in [0, 0.1) is 5.92 Å². The van der Waals surface area contributed by atoms with Crippen LogP contribution in [0.15, 0.2) is 47.1 Å². The zero-order chi connectivity index (χ0) is 22.2. The Morgan fingerprint density at radius 2 is 2.10 bits per heavy atom. The number of aromatic nitrogens is 2. The third-order valence-electron chi connectivity index (χ3n) is 5.15. The summed E-state index contributed by atoms with van der Waals surface area (Å²) in [4.78, 5) is 19.2. The van der Waals surface area contributed by atoms with Crippen molar-refractivity contribution in [3.63, 3.8) is 0 Å². The van der Waals surface area contributed by atoms with E-state index in [-0.39, 0.29) is 11.9 Å². The molecule has 0 fully saturated rings. The summed E-state index contributed by atoms with van der Waals surface area (Å²) in [5.41, 5.74) is 1.09. The Balaban J connectivity index is 1.68. The van der Waals surface area contributed by atoms with Crippen LogP contribution in [-0.2, 0) is 17.8 Å². The van der Waals surface area contributed by atoms with Crippen molar-refractivity contribution in [3.05, 3.63) is 59.8 Å². The average Bonchev–Trinajstić information content (AvgIpc) is 3.43. The number of carbonyl (C=O) groups is 1. The molecular weight excluding hydrogens is 412 g/mol. The van der Waals surface area contributed by atoms with Crippen LogP contribution in [0.2, 0.25) is 0 Å². The molecule has 1 aromatic carbocycles. The molecule has 2 aromatic heterocycles. The SMILES string of the molecule is COc1cccc(Cc2nsc(N(CCC(=O)NC(C)C(C)C)Cc3ccco3)n2)c1. The molecule has 1 amide bonds. The highest BCUT2D eigenvalue weighted by molar-refractivity contribution is 7.09. The maximum atomic E-state index is 12.4. The van der Waals surface area contributed by atoms with E-state index in [4.69, 9.17) is 14.1 Å². The fraction of sp³-hybridized carbons (Fsp3) is 0.435. The first kappa shape index (κ1) is 22.8. The number of methoxy groups -OCH3 is 1. The summed E-state index contributed by atoms with van der Waals surface area (Å²) >= 11 is 1.34. The molecule has 1 atom stereocenters. The number of benzene rings is 1. The lowest BCUT2D eigenvalue weighted by molar-refractivity contribution is -0.121. The van der Waals surface area contributed by atoms with Gasteiger partial charge in [-0.15, -0.1) is 0 Å². The first-order chi connectivity index (χ1) is 14.9. The fourth-order valence-electron chi connectivity index (χ4n) is 2.97. The van der Waals surface area contributed by atoms with Gasteiger partial charge < -0.3 is 19.4 Å². The Morgan fingerprint density at radius 1 is 1.26 bits per heavy atom. The van der Waals surface area contributed by atoms with E-state index in [0.29, 0.717) is 31.8 Å². The molecule has 0 aliphatic carbocycles. The molecule has 166 valence electrons. The molecule has 31 heavy (non-hydrogen) atoms. The standard InChI is InChI=1S/C23H30N4O3S/c1-16(2)17(3)24-22(28)10-11-27(15-20-9-6-12-30-20)23-25-21(26-31-23)14-18-7-5-8-19(13-18)29-4/h5-9,12-13,16-17H,10-11,14-15H2,1-4H3,(H,24,28). The van der Waals surface area contributed by atoms with E-state index in [9.17, 15) is 4.79 Å². The minimum Gasteiger partial charge on any atom is -0.497 e. The van der Waals surface area contributed by atoms with Crippen LogP contribution in [0.3, 0.4) is 0 Å². The summed E-state index contributed by atoms with van der Waals surface area (Å²) < 4.78 is 15.3. The van der Waals surface area contributed by atoms with Gasteiger partial charge in [0.1, 0.15) is 17.3 Å². The smallest absolute Gasteiger partial charge is 0.221 e. The first-order valence-electron chi connectivity index (χ1n) is 10.5. The van der Waals surface area contributed by atoms with Crippen molar-refractivity contribution in [1.29, 1.82) is 0 Å². The van der Waals surface area contributed by atoms with Crippen molar-refractivity contribution >= 4 is 22.6 Å². The monoisotopic (exact) mass is 442 g/mol. The fourth-order valence-corrected chi connectivity index (χ4v) is 3.68. The minimum absolute atomic E-state index is 0.0340. The topological polar surface area (TPSA) is 80.5 Å². The van der Waals surface area contributed by atoms with Gasteiger partial charge in [-0.1, -0.05) is 26.0 Å². The van der Waals surface area contributed by atoms with E-state index in [0.717, 1.165) is 28.0 Å². The second-order valence-corrected chi connectivity index (χ2v) is 8.60. The molecule has 0 bridgehead atoms. The predicted octanol–water partition coefficient (Wildman–Crippen LogP) is 4.29. The van der Waals surface area contributed by atoms with E-state index in [2.05, 4.69) is 23.5 Å². The molecule has 1 N–H and O–H groups in total. The van der Waals surface area contributed by atoms with Gasteiger partial charge in [-0.25, -0.2) is 4.98 Å². The lowest BCUT2D eigenvalue weighted by Crippen LogP contribution is -2.38. The van der Waals surface area contributed by atoms with Gasteiger partial charge in [0.25, 0.3) is 0 Å². The van der Waals surface area contributed by atoms with Gasteiger partial charge in [0.15, 0.2) is 0 Å². The van der Waals surface area contributed by atoms with E-state index in [1.54, 1.807) is 13.4 Å². The van der Waals surface area contributed by atoms with Crippen molar-refractivity contribution < 1.29 is 13.9 Å². The molecule has 8 heteroatoms. The van der Waals surface area contributed by atoms with Crippen LogP contribution in [0.4, 0.5) is 5.13 Å². The number of rotatable bonds is 11. The van der Waals surface area contributed by atoms with Crippen LogP contribution in [0.25, 0.3) is 0 Å². The molecule has 2 heterocycles. The molecule has 0 aliphatic rings. The molecule has 0 saturated carbocycles. The summed E-state index contributed by atoms with van der Waals surface area (Å²) in [6, 6.07) is 11.8. The van der Waals surface area contributed by atoms with Gasteiger partial charge in [0.05, 0.1) is 19.9 Å². The molecule has 1 unspecified atom stereocenters. The Hall–Kier alpha value is -2.87. The molecule has 3 aromatic rings.